The maximum Gasteiger partial charge on any atom is 0.349 e. The molecule has 0 saturated carbocycles. The monoisotopic (exact) mass is 560 g/mol. The second kappa shape index (κ2) is 11.8. The van der Waals surface area contributed by atoms with Crippen molar-refractivity contribution in [3.63, 3.8) is 0 Å². The van der Waals surface area contributed by atoms with E-state index in [4.69, 9.17) is 14.2 Å². The molecule has 0 heterocycles. The van der Waals surface area contributed by atoms with Crippen LogP contribution in [0.4, 0.5) is 0 Å². The second-order valence-electron chi connectivity index (χ2n) is 7.05. The number of hydrogen-bond donors (Lipinski definition) is 0. The molecule has 166 valence electrons. The highest BCUT2D eigenvalue weighted by Crippen LogP contribution is 2.32. The van der Waals surface area contributed by atoms with Crippen LogP contribution in [0, 0.1) is 6.92 Å². The quantitative estimate of drug-likeness (QED) is 0.174. The van der Waals surface area contributed by atoms with Gasteiger partial charge in [0, 0.05) is 4.47 Å². The van der Waals surface area contributed by atoms with Crippen molar-refractivity contribution >= 4 is 43.8 Å². The molecule has 3 aromatic carbocycles. The summed E-state index contributed by atoms with van der Waals surface area (Å²) in [7, 11) is 0. The Morgan fingerprint density at radius 3 is 2.34 bits per heavy atom. The lowest BCUT2D eigenvalue weighted by Crippen LogP contribution is -2.18. The number of hydrogen-bond acceptors (Lipinski definition) is 5. The molecule has 0 saturated heterocycles. The molecule has 0 aromatic heterocycles. The fourth-order valence-corrected chi connectivity index (χ4v) is 4.55. The minimum atomic E-state index is -0.546. The fraction of sp³-hybridized carbons (Fsp3) is 0.200. The van der Waals surface area contributed by atoms with Crippen LogP contribution in [-0.4, -0.2) is 25.2 Å². The van der Waals surface area contributed by atoms with Crippen LogP contribution < -0.4 is 9.47 Å². The standard InChI is InChI=1S/C25H22Br2O5/c1-17-14-20(26)15-22(27)24(17)31-16-23(28)32-21-11-9-19(10-12-21)25(29)30-13-5-8-18-6-3-2-4-7-18/h2-4,6-7,9-12,14-15H,5,8,13,16H2,1H3. The van der Waals surface area contributed by atoms with Crippen LogP contribution in [0.1, 0.15) is 27.9 Å². The molecule has 7 heteroatoms. The summed E-state index contributed by atoms with van der Waals surface area (Å²) in [4.78, 5) is 24.3. The zero-order valence-electron chi connectivity index (χ0n) is 17.5. The summed E-state index contributed by atoms with van der Waals surface area (Å²) in [5, 5.41) is 0. The zero-order valence-corrected chi connectivity index (χ0v) is 20.6. The third kappa shape index (κ3) is 7.21. The fourth-order valence-electron chi connectivity index (χ4n) is 2.99. The molecule has 0 bridgehead atoms. The van der Waals surface area contributed by atoms with Crippen LogP contribution in [0.5, 0.6) is 11.5 Å². The first-order valence-electron chi connectivity index (χ1n) is 10.0. The summed E-state index contributed by atoms with van der Waals surface area (Å²) in [6, 6.07) is 20.0. The summed E-state index contributed by atoms with van der Waals surface area (Å²) in [6.07, 6.45) is 1.60. The van der Waals surface area contributed by atoms with Gasteiger partial charge in [-0.25, -0.2) is 9.59 Å². The van der Waals surface area contributed by atoms with E-state index in [9.17, 15) is 9.59 Å². The molecular formula is C25H22Br2O5. The molecule has 5 nitrogen and oxygen atoms in total. The maximum atomic E-state index is 12.2. The third-order valence-electron chi connectivity index (χ3n) is 4.54. The summed E-state index contributed by atoms with van der Waals surface area (Å²) in [6.45, 7) is 1.98. The number of rotatable bonds is 9. The number of ether oxygens (including phenoxy) is 3. The first-order valence-corrected chi connectivity index (χ1v) is 11.6. The molecular weight excluding hydrogens is 540 g/mol. The molecule has 0 aliphatic rings. The Kier molecular flexibility index (Phi) is 8.88. The van der Waals surface area contributed by atoms with Gasteiger partial charge in [0.2, 0.25) is 0 Å². The number of halogens is 2. The van der Waals surface area contributed by atoms with Gasteiger partial charge < -0.3 is 14.2 Å². The van der Waals surface area contributed by atoms with Gasteiger partial charge in [0.15, 0.2) is 6.61 Å². The minimum absolute atomic E-state index is 0.244. The predicted molar refractivity (Wildman–Crippen MR) is 129 cm³/mol. The van der Waals surface area contributed by atoms with E-state index < -0.39 is 11.9 Å². The van der Waals surface area contributed by atoms with Gasteiger partial charge in [-0.2, -0.15) is 0 Å². The molecule has 0 radical (unpaired) electrons. The molecule has 3 rings (SSSR count). The largest absolute Gasteiger partial charge is 0.480 e. The van der Waals surface area contributed by atoms with E-state index in [2.05, 4.69) is 31.9 Å². The highest BCUT2D eigenvalue weighted by molar-refractivity contribution is 9.11. The Labute approximate surface area is 203 Å². The highest BCUT2D eigenvalue weighted by Gasteiger charge is 2.12. The van der Waals surface area contributed by atoms with E-state index in [1.807, 2.05) is 49.4 Å². The molecule has 0 aliphatic carbocycles. The van der Waals surface area contributed by atoms with E-state index in [1.165, 1.54) is 5.56 Å². The van der Waals surface area contributed by atoms with Crippen LogP contribution in [0.3, 0.4) is 0 Å². The number of benzene rings is 3. The van der Waals surface area contributed by atoms with Crippen molar-refractivity contribution in [2.24, 2.45) is 0 Å². The first kappa shape index (κ1) is 24.0. The summed E-state index contributed by atoms with van der Waals surface area (Å²) < 4.78 is 17.8. The van der Waals surface area contributed by atoms with E-state index in [1.54, 1.807) is 24.3 Å². The van der Waals surface area contributed by atoms with Crippen LogP contribution in [-0.2, 0) is 16.0 Å². The lowest BCUT2D eigenvalue weighted by Gasteiger charge is -2.11. The Bertz CT molecular complexity index is 1040. The summed E-state index contributed by atoms with van der Waals surface area (Å²) >= 11 is 6.82. The van der Waals surface area contributed by atoms with Crippen LogP contribution >= 0.6 is 31.9 Å². The van der Waals surface area contributed by atoms with Crippen molar-refractivity contribution in [1.29, 1.82) is 0 Å². The normalized spacial score (nSPS) is 10.5. The topological polar surface area (TPSA) is 61.8 Å². The van der Waals surface area contributed by atoms with Gasteiger partial charge in [-0.1, -0.05) is 46.3 Å². The van der Waals surface area contributed by atoms with Gasteiger partial charge in [-0.15, -0.1) is 0 Å². The SMILES string of the molecule is Cc1cc(Br)cc(Br)c1OCC(=O)Oc1ccc(C(=O)OCCCc2ccccc2)cc1. The minimum Gasteiger partial charge on any atom is -0.480 e. The molecule has 3 aromatic rings. The Hall–Kier alpha value is -2.64. The van der Waals surface area contributed by atoms with E-state index in [0.29, 0.717) is 23.7 Å². The Morgan fingerprint density at radius 2 is 1.66 bits per heavy atom. The first-order chi connectivity index (χ1) is 15.4. The van der Waals surface area contributed by atoms with Gasteiger partial charge in [0.25, 0.3) is 0 Å². The second-order valence-corrected chi connectivity index (χ2v) is 8.82. The molecule has 0 N–H and O–H groups in total. The van der Waals surface area contributed by atoms with E-state index >= 15 is 0 Å². The molecule has 0 aliphatic heterocycles. The number of carbonyl (C=O) groups excluding carboxylic acids is 2. The van der Waals surface area contributed by atoms with Crippen molar-refractivity contribution in [2.45, 2.75) is 19.8 Å². The van der Waals surface area contributed by atoms with Crippen molar-refractivity contribution in [3.8, 4) is 11.5 Å². The predicted octanol–water partition coefficient (Wildman–Crippen LogP) is 6.29. The lowest BCUT2D eigenvalue weighted by molar-refractivity contribution is -0.136. The van der Waals surface area contributed by atoms with Gasteiger partial charge in [-0.05, 0) is 83.2 Å². The smallest absolute Gasteiger partial charge is 0.349 e. The van der Waals surface area contributed by atoms with Crippen molar-refractivity contribution in [3.05, 3.63) is 92.4 Å². The Balaban J connectivity index is 1.43. The third-order valence-corrected chi connectivity index (χ3v) is 5.58. The lowest BCUT2D eigenvalue weighted by atomic mass is 10.1. The summed E-state index contributed by atoms with van der Waals surface area (Å²) in [5.41, 5.74) is 2.49. The van der Waals surface area contributed by atoms with Crippen LogP contribution in [0.15, 0.2) is 75.7 Å². The molecule has 0 amide bonds. The highest BCUT2D eigenvalue weighted by atomic mass is 79.9. The van der Waals surface area contributed by atoms with Gasteiger partial charge >= 0.3 is 11.9 Å². The van der Waals surface area contributed by atoms with Crippen molar-refractivity contribution < 1.29 is 23.8 Å². The van der Waals surface area contributed by atoms with Gasteiger partial charge in [-0.3, -0.25) is 0 Å². The average Bonchev–Trinajstić information content (AvgIpc) is 2.77. The molecule has 32 heavy (non-hydrogen) atoms. The molecule has 0 unspecified atom stereocenters. The number of aryl methyl sites for hydroxylation is 2. The molecule has 0 atom stereocenters. The van der Waals surface area contributed by atoms with Crippen LogP contribution in [0.2, 0.25) is 0 Å². The molecule has 0 spiro atoms. The van der Waals surface area contributed by atoms with Crippen molar-refractivity contribution in [1.82, 2.24) is 0 Å². The Morgan fingerprint density at radius 1 is 0.938 bits per heavy atom. The number of esters is 2. The number of carbonyl (C=O) groups is 2. The van der Waals surface area contributed by atoms with E-state index in [0.717, 1.165) is 27.4 Å². The summed E-state index contributed by atoms with van der Waals surface area (Å²) in [5.74, 6) is -0.0494. The average molecular weight is 562 g/mol. The van der Waals surface area contributed by atoms with Gasteiger partial charge in [0.1, 0.15) is 11.5 Å². The molecule has 0 fully saturated rings. The van der Waals surface area contributed by atoms with Gasteiger partial charge in [0.05, 0.1) is 16.6 Å². The maximum absolute atomic E-state index is 12.2. The zero-order chi connectivity index (χ0) is 22.9. The van der Waals surface area contributed by atoms with Crippen LogP contribution in [0.25, 0.3) is 0 Å². The van der Waals surface area contributed by atoms with Crippen molar-refractivity contribution in [2.75, 3.05) is 13.2 Å². The van der Waals surface area contributed by atoms with E-state index in [-0.39, 0.29) is 6.61 Å².